The topological polar surface area (TPSA) is 78.2 Å². The number of nitriles is 1. The molecule has 0 saturated carbocycles. The van der Waals surface area contributed by atoms with E-state index in [4.69, 9.17) is 10.00 Å². The zero-order chi connectivity index (χ0) is 17.5. The lowest BCUT2D eigenvalue weighted by molar-refractivity contribution is -0.116. The highest BCUT2D eigenvalue weighted by atomic mass is 16.5. The number of anilines is 2. The Balaban J connectivity index is 1.60. The van der Waals surface area contributed by atoms with Crippen LogP contribution in [0, 0.1) is 11.3 Å². The average molecular weight is 336 g/mol. The van der Waals surface area contributed by atoms with Gasteiger partial charge in [-0.2, -0.15) is 5.26 Å². The minimum atomic E-state index is -0.0492. The summed E-state index contributed by atoms with van der Waals surface area (Å²) in [4.78, 5) is 18.9. The Bertz CT molecular complexity index is 762. The highest BCUT2D eigenvalue weighted by molar-refractivity contribution is 5.93. The lowest BCUT2D eigenvalue weighted by Gasteiger charge is -2.29. The van der Waals surface area contributed by atoms with Gasteiger partial charge in [-0.25, -0.2) is 4.98 Å². The molecule has 1 aromatic heterocycles. The Morgan fingerprint density at radius 1 is 1.24 bits per heavy atom. The van der Waals surface area contributed by atoms with Crippen molar-refractivity contribution < 1.29 is 9.53 Å². The summed E-state index contributed by atoms with van der Waals surface area (Å²) >= 11 is 0. The molecule has 1 fully saturated rings. The number of pyridine rings is 1. The van der Waals surface area contributed by atoms with E-state index in [9.17, 15) is 4.79 Å². The van der Waals surface area contributed by atoms with Gasteiger partial charge in [0.2, 0.25) is 5.91 Å². The molecular formula is C19H20N4O2. The molecular weight excluding hydrogens is 316 g/mol. The van der Waals surface area contributed by atoms with Crippen molar-refractivity contribution in [3.05, 3.63) is 53.7 Å². The van der Waals surface area contributed by atoms with Crippen molar-refractivity contribution in [2.75, 3.05) is 36.5 Å². The molecule has 2 heterocycles. The number of aromatic nitrogens is 1. The van der Waals surface area contributed by atoms with Crippen molar-refractivity contribution in [1.29, 1.82) is 5.26 Å². The van der Waals surface area contributed by atoms with Crippen molar-refractivity contribution in [3.8, 4) is 6.07 Å². The molecule has 6 nitrogen and oxygen atoms in total. The van der Waals surface area contributed by atoms with E-state index in [1.54, 1.807) is 18.3 Å². The third kappa shape index (κ3) is 4.55. The Morgan fingerprint density at radius 2 is 2.00 bits per heavy atom. The molecule has 1 aromatic carbocycles. The zero-order valence-electron chi connectivity index (χ0n) is 13.9. The van der Waals surface area contributed by atoms with Gasteiger partial charge in [0, 0.05) is 25.7 Å². The smallest absolute Gasteiger partial charge is 0.224 e. The molecule has 1 aliphatic heterocycles. The Hall–Kier alpha value is -2.91. The molecule has 0 unspecified atom stereocenters. The molecule has 1 N–H and O–H groups in total. The van der Waals surface area contributed by atoms with Gasteiger partial charge in [0.25, 0.3) is 0 Å². The second-order valence-electron chi connectivity index (χ2n) is 5.83. The maximum Gasteiger partial charge on any atom is 0.224 e. The van der Waals surface area contributed by atoms with Gasteiger partial charge < -0.3 is 15.0 Å². The van der Waals surface area contributed by atoms with Gasteiger partial charge in [-0.1, -0.05) is 12.1 Å². The van der Waals surface area contributed by atoms with Gasteiger partial charge in [-0.05, 0) is 36.2 Å². The molecule has 0 radical (unpaired) electrons. The van der Waals surface area contributed by atoms with E-state index in [1.807, 2.05) is 24.3 Å². The summed E-state index contributed by atoms with van der Waals surface area (Å²) in [6, 6.07) is 13.1. The molecule has 1 aliphatic rings. The lowest BCUT2D eigenvalue weighted by atomic mass is 10.1. The molecule has 6 heteroatoms. The van der Waals surface area contributed by atoms with Crippen LogP contribution in [0.1, 0.15) is 17.5 Å². The van der Waals surface area contributed by atoms with Gasteiger partial charge in [-0.3, -0.25) is 4.79 Å². The summed E-state index contributed by atoms with van der Waals surface area (Å²) in [6.45, 7) is 2.88. The number of nitrogens with zero attached hydrogens (tertiary/aromatic N) is 3. The van der Waals surface area contributed by atoms with E-state index in [0.717, 1.165) is 30.2 Å². The quantitative estimate of drug-likeness (QED) is 0.907. The first-order valence-corrected chi connectivity index (χ1v) is 8.33. The van der Waals surface area contributed by atoms with E-state index < -0.39 is 0 Å². The van der Waals surface area contributed by atoms with Crippen molar-refractivity contribution in [1.82, 2.24) is 4.98 Å². The van der Waals surface area contributed by atoms with Crippen LogP contribution in [0.3, 0.4) is 0 Å². The van der Waals surface area contributed by atoms with Crippen molar-refractivity contribution >= 4 is 17.4 Å². The van der Waals surface area contributed by atoms with Crippen LogP contribution in [0.5, 0.6) is 0 Å². The minimum Gasteiger partial charge on any atom is -0.378 e. The number of carbonyl (C=O) groups excluding carboxylic acids is 1. The number of ether oxygens (including phenoxy) is 1. The molecule has 0 atom stereocenters. The maximum absolute atomic E-state index is 12.3. The van der Waals surface area contributed by atoms with Gasteiger partial charge in [0.1, 0.15) is 0 Å². The summed E-state index contributed by atoms with van der Waals surface area (Å²) in [6.07, 6.45) is 2.74. The second-order valence-corrected chi connectivity index (χ2v) is 5.83. The van der Waals surface area contributed by atoms with Crippen LogP contribution in [0.4, 0.5) is 11.5 Å². The summed E-state index contributed by atoms with van der Waals surface area (Å²) < 4.78 is 5.37. The van der Waals surface area contributed by atoms with Gasteiger partial charge in [-0.15, -0.1) is 0 Å². The Labute approximate surface area is 147 Å². The SMILES string of the molecule is N#Cc1ccc(CCC(=O)Nc2cccnc2N2CCOCC2)cc1. The first-order valence-electron chi connectivity index (χ1n) is 8.33. The predicted molar refractivity (Wildman–Crippen MR) is 95.4 cm³/mol. The molecule has 0 spiro atoms. The number of carbonyl (C=O) groups is 1. The molecule has 128 valence electrons. The van der Waals surface area contributed by atoms with E-state index in [-0.39, 0.29) is 5.91 Å². The fourth-order valence-electron chi connectivity index (χ4n) is 2.74. The standard InChI is InChI=1S/C19H20N4O2/c20-14-16-5-3-15(4-6-16)7-8-18(24)22-17-2-1-9-21-19(17)23-10-12-25-13-11-23/h1-6,9H,7-8,10-13H2,(H,22,24). The summed E-state index contributed by atoms with van der Waals surface area (Å²) in [5, 5.41) is 11.8. The number of morpholine rings is 1. The van der Waals surface area contributed by atoms with E-state index in [0.29, 0.717) is 31.6 Å². The molecule has 25 heavy (non-hydrogen) atoms. The zero-order valence-corrected chi connectivity index (χ0v) is 13.9. The first-order chi connectivity index (χ1) is 12.3. The number of hydrogen-bond donors (Lipinski definition) is 1. The number of rotatable bonds is 5. The summed E-state index contributed by atoms with van der Waals surface area (Å²) in [5.74, 6) is 0.740. The molecule has 1 saturated heterocycles. The normalized spacial score (nSPS) is 14.0. The summed E-state index contributed by atoms with van der Waals surface area (Å²) in [7, 11) is 0. The van der Waals surface area contributed by atoms with Gasteiger partial charge in [0.05, 0.1) is 30.5 Å². The fourth-order valence-corrected chi connectivity index (χ4v) is 2.74. The van der Waals surface area contributed by atoms with Crippen LogP contribution < -0.4 is 10.2 Å². The number of benzene rings is 1. The maximum atomic E-state index is 12.3. The van der Waals surface area contributed by atoms with E-state index in [1.165, 1.54) is 0 Å². The van der Waals surface area contributed by atoms with E-state index in [2.05, 4.69) is 21.3 Å². The Morgan fingerprint density at radius 3 is 2.72 bits per heavy atom. The third-order valence-corrected chi connectivity index (χ3v) is 4.10. The summed E-state index contributed by atoms with van der Waals surface area (Å²) in [5.41, 5.74) is 2.39. The molecule has 2 aromatic rings. The van der Waals surface area contributed by atoms with Crippen molar-refractivity contribution in [2.45, 2.75) is 12.8 Å². The first kappa shape index (κ1) is 16.9. The second kappa shape index (κ2) is 8.27. The third-order valence-electron chi connectivity index (χ3n) is 4.10. The number of amides is 1. The highest BCUT2D eigenvalue weighted by Gasteiger charge is 2.17. The average Bonchev–Trinajstić information content (AvgIpc) is 2.68. The van der Waals surface area contributed by atoms with Crippen LogP contribution in [0.25, 0.3) is 0 Å². The molecule has 0 bridgehead atoms. The Kier molecular flexibility index (Phi) is 5.60. The van der Waals surface area contributed by atoms with Gasteiger partial charge >= 0.3 is 0 Å². The van der Waals surface area contributed by atoms with Crippen molar-refractivity contribution in [3.63, 3.8) is 0 Å². The molecule has 3 rings (SSSR count). The van der Waals surface area contributed by atoms with Crippen LogP contribution in [-0.4, -0.2) is 37.2 Å². The van der Waals surface area contributed by atoms with Crippen LogP contribution in [0.15, 0.2) is 42.6 Å². The molecule has 1 amide bonds. The van der Waals surface area contributed by atoms with Crippen LogP contribution >= 0.6 is 0 Å². The molecule has 0 aliphatic carbocycles. The number of hydrogen-bond acceptors (Lipinski definition) is 5. The lowest BCUT2D eigenvalue weighted by Crippen LogP contribution is -2.37. The largest absolute Gasteiger partial charge is 0.378 e. The monoisotopic (exact) mass is 336 g/mol. The highest BCUT2D eigenvalue weighted by Crippen LogP contribution is 2.23. The van der Waals surface area contributed by atoms with Crippen LogP contribution in [0.2, 0.25) is 0 Å². The number of nitrogens with one attached hydrogen (secondary N) is 1. The predicted octanol–water partition coefficient (Wildman–Crippen LogP) is 2.36. The van der Waals surface area contributed by atoms with E-state index >= 15 is 0 Å². The number of aryl methyl sites for hydroxylation is 1. The fraction of sp³-hybridized carbons (Fsp3) is 0.316. The van der Waals surface area contributed by atoms with Crippen LogP contribution in [-0.2, 0) is 16.0 Å². The minimum absolute atomic E-state index is 0.0492. The van der Waals surface area contributed by atoms with Crippen molar-refractivity contribution in [2.24, 2.45) is 0 Å². The van der Waals surface area contributed by atoms with Gasteiger partial charge in [0.15, 0.2) is 5.82 Å².